The van der Waals surface area contributed by atoms with Crippen LogP contribution in [-0.4, -0.2) is 44.9 Å². The van der Waals surface area contributed by atoms with Gasteiger partial charge in [0.1, 0.15) is 4.90 Å². The Hall–Kier alpha value is -1.45. The summed E-state index contributed by atoms with van der Waals surface area (Å²) in [7, 11) is -3.73. The zero-order chi connectivity index (χ0) is 17.9. The van der Waals surface area contributed by atoms with Gasteiger partial charge in [-0.25, -0.2) is 8.42 Å². The fourth-order valence-corrected chi connectivity index (χ4v) is 5.07. The topological polar surface area (TPSA) is 75.7 Å². The van der Waals surface area contributed by atoms with Crippen molar-refractivity contribution in [3.63, 3.8) is 0 Å². The van der Waals surface area contributed by atoms with E-state index >= 15 is 0 Å². The van der Waals surface area contributed by atoms with Gasteiger partial charge in [0.25, 0.3) is 0 Å². The van der Waals surface area contributed by atoms with Crippen molar-refractivity contribution in [3.05, 3.63) is 45.6 Å². The molecule has 25 heavy (non-hydrogen) atoms. The molecule has 1 aromatic heterocycles. The number of carbonyl (C=O) groups is 1. The first kappa shape index (κ1) is 18.3. The summed E-state index contributed by atoms with van der Waals surface area (Å²) in [6.07, 6.45) is 0.234. The fourth-order valence-electron chi connectivity index (χ4n) is 2.49. The van der Waals surface area contributed by atoms with E-state index in [-0.39, 0.29) is 35.3 Å². The molecule has 0 aliphatic carbocycles. The molecule has 0 bridgehead atoms. The van der Waals surface area contributed by atoms with Crippen LogP contribution < -0.4 is 5.32 Å². The number of morpholine rings is 1. The maximum atomic E-state index is 12.8. The molecule has 0 spiro atoms. The summed E-state index contributed by atoms with van der Waals surface area (Å²) in [5, 5.41) is 6.65. The predicted molar refractivity (Wildman–Crippen MR) is 97.7 cm³/mol. The molecule has 1 fully saturated rings. The number of hydrogen-bond acceptors (Lipinski definition) is 5. The molecule has 1 aliphatic rings. The quantitative estimate of drug-likeness (QED) is 0.837. The lowest BCUT2D eigenvalue weighted by Crippen LogP contribution is -2.40. The zero-order valence-electron chi connectivity index (χ0n) is 13.3. The lowest BCUT2D eigenvalue weighted by atomic mass is 10.2. The minimum Gasteiger partial charge on any atom is -0.379 e. The van der Waals surface area contributed by atoms with Crippen LogP contribution in [0.3, 0.4) is 0 Å². The minimum atomic E-state index is -3.73. The fraction of sp³-hybridized carbons (Fsp3) is 0.312. The molecule has 0 unspecified atom stereocenters. The number of nitrogens with one attached hydrogen (secondary N) is 1. The van der Waals surface area contributed by atoms with E-state index in [1.807, 2.05) is 16.8 Å². The largest absolute Gasteiger partial charge is 0.379 e. The lowest BCUT2D eigenvalue weighted by molar-refractivity contribution is -0.115. The predicted octanol–water partition coefficient (Wildman–Crippen LogP) is 2.60. The number of nitrogens with zero attached hydrogens (tertiary/aromatic N) is 1. The van der Waals surface area contributed by atoms with Crippen molar-refractivity contribution < 1.29 is 17.9 Å². The molecular formula is C16H17ClN2O4S2. The zero-order valence-corrected chi connectivity index (χ0v) is 15.7. The first-order valence-electron chi connectivity index (χ1n) is 7.65. The number of sulfonamides is 1. The van der Waals surface area contributed by atoms with E-state index in [2.05, 4.69) is 5.32 Å². The highest BCUT2D eigenvalue weighted by atomic mass is 35.5. The Bertz CT molecular complexity index is 847. The Morgan fingerprint density at radius 1 is 1.28 bits per heavy atom. The smallest absolute Gasteiger partial charge is 0.244 e. The molecule has 1 amide bonds. The maximum Gasteiger partial charge on any atom is 0.244 e. The Morgan fingerprint density at radius 2 is 2.04 bits per heavy atom. The molecule has 0 saturated carbocycles. The highest BCUT2D eigenvalue weighted by molar-refractivity contribution is 7.89. The van der Waals surface area contributed by atoms with Gasteiger partial charge in [-0.2, -0.15) is 15.6 Å². The number of carbonyl (C=O) groups excluding carboxylic acids is 1. The van der Waals surface area contributed by atoms with E-state index < -0.39 is 10.0 Å². The van der Waals surface area contributed by atoms with Gasteiger partial charge in [0.15, 0.2) is 0 Å². The first-order valence-corrected chi connectivity index (χ1v) is 10.4. The lowest BCUT2D eigenvalue weighted by Gasteiger charge is -2.26. The van der Waals surface area contributed by atoms with Crippen LogP contribution in [0.4, 0.5) is 5.69 Å². The molecule has 2 aromatic rings. The monoisotopic (exact) mass is 400 g/mol. The summed E-state index contributed by atoms with van der Waals surface area (Å²) in [4.78, 5) is 12.1. The number of ether oxygens (including phenoxy) is 1. The van der Waals surface area contributed by atoms with Crippen LogP contribution in [0, 0.1) is 0 Å². The van der Waals surface area contributed by atoms with Crippen LogP contribution in [-0.2, 0) is 26.0 Å². The molecule has 3 rings (SSSR count). The third kappa shape index (κ3) is 4.39. The molecular weight excluding hydrogens is 384 g/mol. The molecule has 0 atom stereocenters. The van der Waals surface area contributed by atoms with Gasteiger partial charge in [-0.15, -0.1) is 0 Å². The van der Waals surface area contributed by atoms with Crippen LogP contribution in [0.2, 0.25) is 5.02 Å². The van der Waals surface area contributed by atoms with E-state index in [4.69, 9.17) is 16.3 Å². The van der Waals surface area contributed by atoms with Crippen LogP contribution in [0.25, 0.3) is 0 Å². The number of anilines is 1. The number of benzene rings is 1. The minimum absolute atomic E-state index is 0.00981. The molecule has 2 heterocycles. The number of amides is 1. The molecule has 1 saturated heterocycles. The van der Waals surface area contributed by atoms with Crippen molar-refractivity contribution in [3.8, 4) is 0 Å². The molecule has 1 aliphatic heterocycles. The number of halogens is 1. The van der Waals surface area contributed by atoms with Crippen LogP contribution in [0.5, 0.6) is 0 Å². The van der Waals surface area contributed by atoms with Gasteiger partial charge in [-0.1, -0.05) is 11.6 Å². The Balaban J connectivity index is 1.79. The summed E-state index contributed by atoms with van der Waals surface area (Å²) in [5.41, 5.74) is 1.31. The van der Waals surface area contributed by atoms with Crippen molar-refractivity contribution in [2.75, 3.05) is 31.6 Å². The van der Waals surface area contributed by atoms with E-state index in [1.165, 1.54) is 27.8 Å². The van der Waals surface area contributed by atoms with Gasteiger partial charge in [0, 0.05) is 18.8 Å². The van der Waals surface area contributed by atoms with Gasteiger partial charge in [0.05, 0.1) is 24.7 Å². The van der Waals surface area contributed by atoms with Crippen molar-refractivity contribution in [1.82, 2.24) is 4.31 Å². The molecule has 0 radical (unpaired) electrons. The van der Waals surface area contributed by atoms with E-state index in [0.717, 1.165) is 5.56 Å². The third-order valence-electron chi connectivity index (χ3n) is 3.75. The molecule has 1 N–H and O–H groups in total. The Labute approximate surface area is 155 Å². The summed E-state index contributed by atoms with van der Waals surface area (Å²) in [6.45, 7) is 1.28. The Morgan fingerprint density at radius 3 is 2.72 bits per heavy atom. The van der Waals surface area contributed by atoms with E-state index in [1.54, 1.807) is 6.07 Å². The van der Waals surface area contributed by atoms with Crippen molar-refractivity contribution in [1.29, 1.82) is 0 Å². The molecule has 134 valence electrons. The molecule has 6 nitrogen and oxygen atoms in total. The second-order valence-corrected chi connectivity index (χ2v) is 8.61. The van der Waals surface area contributed by atoms with Gasteiger partial charge < -0.3 is 10.1 Å². The van der Waals surface area contributed by atoms with Gasteiger partial charge in [-0.3, -0.25) is 4.79 Å². The number of thiophene rings is 1. The second-order valence-electron chi connectivity index (χ2n) is 5.52. The number of hydrogen-bond donors (Lipinski definition) is 1. The van der Waals surface area contributed by atoms with Crippen molar-refractivity contribution >= 4 is 44.6 Å². The molecule has 9 heteroatoms. The summed E-state index contributed by atoms with van der Waals surface area (Å²) >= 11 is 7.62. The number of rotatable bonds is 5. The van der Waals surface area contributed by atoms with Gasteiger partial charge in [-0.05, 0) is 40.6 Å². The molecule has 1 aromatic carbocycles. The maximum absolute atomic E-state index is 12.8. The third-order valence-corrected chi connectivity index (χ3v) is 6.86. The Kier molecular flexibility index (Phi) is 5.75. The van der Waals surface area contributed by atoms with Crippen molar-refractivity contribution in [2.24, 2.45) is 0 Å². The average Bonchev–Trinajstić information content (AvgIpc) is 3.10. The van der Waals surface area contributed by atoms with E-state index in [9.17, 15) is 13.2 Å². The summed E-state index contributed by atoms with van der Waals surface area (Å²) in [6, 6.07) is 6.35. The highest BCUT2D eigenvalue weighted by Crippen LogP contribution is 2.28. The van der Waals surface area contributed by atoms with Crippen LogP contribution >= 0.6 is 22.9 Å². The highest BCUT2D eigenvalue weighted by Gasteiger charge is 2.28. The first-order chi connectivity index (χ1) is 12.0. The average molecular weight is 401 g/mol. The van der Waals surface area contributed by atoms with Crippen LogP contribution in [0.15, 0.2) is 39.9 Å². The standard InChI is InChI=1S/C16H17ClN2O4S2/c17-14-2-1-13(18-16(20)9-12-3-8-24-11-12)10-15(14)25(21,22)19-4-6-23-7-5-19/h1-3,8,10-11H,4-7,9H2,(H,18,20). The van der Waals surface area contributed by atoms with E-state index in [0.29, 0.717) is 18.9 Å². The van der Waals surface area contributed by atoms with Gasteiger partial charge in [0.2, 0.25) is 15.9 Å². The van der Waals surface area contributed by atoms with Crippen molar-refractivity contribution in [2.45, 2.75) is 11.3 Å². The van der Waals surface area contributed by atoms with Gasteiger partial charge >= 0.3 is 0 Å². The van der Waals surface area contributed by atoms with Crippen LogP contribution in [0.1, 0.15) is 5.56 Å². The summed E-state index contributed by atoms with van der Waals surface area (Å²) < 4.78 is 32.1. The summed E-state index contributed by atoms with van der Waals surface area (Å²) in [5.74, 6) is -0.213. The SMILES string of the molecule is O=C(Cc1ccsc1)Nc1ccc(Cl)c(S(=O)(=O)N2CCOCC2)c1. The normalized spacial score (nSPS) is 15.9. The second kappa shape index (κ2) is 7.84.